The molecule has 3 rings (SSSR count). The highest BCUT2D eigenvalue weighted by atomic mass is 79.9. The molecule has 1 amide bonds. The number of nitrogens with zero attached hydrogens (tertiary/aromatic N) is 2. The number of carbonyl (C=O) groups is 1. The largest absolute Gasteiger partial charge is 0.347 e. The summed E-state index contributed by atoms with van der Waals surface area (Å²) in [6, 6.07) is 12.7. The Bertz CT molecular complexity index is 883. The summed E-state index contributed by atoms with van der Waals surface area (Å²) < 4.78 is 4.86. The molecule has 0 unspecified atom stereocenters. The summed E-state index contributed by atoms with van der Waals surface area (Å²) in [5.41, 5.74) is 2.19. The van der Waals surface area contributed by atoms with E-state index in [0.29, 0.717) is 27.2 Å². The summed E-state index contributed by atoms with van der Waals surface area (Å²) in [7, 11) is 0. The molecular weight excluding hydrogens is 433 g/mol. The van der Waals surface area contributed by atoms with Gasteiger partial charge in [-0.3, -0.25) is 4.79 Å². The third-order valence-electron chi connectivity index (χ3n) is 3.27. The highest BCUT2D eigenvalue weighted by Gasteiger charge is 2.18. The normalized spacial score (nSPS) is 10.6. The van der Waals surface area contributed by atoms with Crippen molar-refractivity contribution in [1.29, 1.82) is 0 Å². The first-order chi connectivity index (χ1) is 11.5. The summed E-state index contributed by atoms with van der Waals surface area (Å²) in [5, 5.41) is 7.98. The zero-order chi connectivity index (χ0) is 17.1. The molecule has 0 saturated carbocycles. The van der Waals surface area contributed by atoms with Crippen LogP contribution >= 0.6 is 50.7 Å². The molecule has 1 N–H and O–H groups in total. The minimum absolute atomic E-state index is 0.242. The molecule has 1 heterocycles. The van der Waals surface area contributed by atoms with E-state index in [0.717, 1.165) is 27.1 Å². The fourth-order valence-corrected chi connectivity index (χ4v) is 3.40. The van der Waals surface area contributed by atoms with E-state index in [9.17, 15) is 4.79 Å². The molecule has 0 fully saturated rings. The van der Waals surface area contributed by atoms with E-state index >= 15 is 0 Å². The lowest BCUT2D eigenvalue weighted by Gasteiger charge is -2.07. The van der Waals surface area contributed by atoms with Crippen LogP contribution in [0, 0.1) is 0 Å². The fourth-order valence-electron chi connectivity index (χ4n) is 2.06. The zero-order valence-electron chi connectivity index (χ0n) is 12.1. The number of halogens is 3. The van der Waals surface area contributed by atoms with Crippen LogP contribution in [0.25, 0.3) is 11.3 Å². The Hall–Kier alpha value is -1.47. The number of hydrogen-bond acceptors (Lipinski definition) is 4. The van der Waals surface area contributed by atoms with Gasteiger partial charge in [-0.05, 0) is 41.4 Å². The van der Waals surface area contributed by atoms with Crippen molar-refractivity contribution in [1.82, 2.24) is 14.9 Å². The third kappa shape index (κ3) is 3.95. The van der Waals surface area contributed by atoms with Crippen LogP contribution in [-0.2, 0) is 6.54 Å². The van der Waals surface area contributed by atoms with Crippen molar-refractivity contribution >= 4 is 56.6 Å². The molecule has 0 spiro atoms. The van der Waals surface area contributed by atoms with E-state index in [1.165, 1.54) is 0 Å². The maximum Gasteiger partial charge on any atom is 0.265 e. The average Bonchev–Trinajstić information content (AvgIpc) is 3.04. The molecule has 0 bridgehead atoms. The fraction of sp³-hybridized carbons (Fsp3) is 0.0625. The number of benzene rings is 2. The minimum atomic E-state index is -0.242. The maximum absolute atomic E-state index is 12.5. The summed E-state index contributed by atoms with van der Waals surface area (Å²) in [4.78, 5) is 12.9. The molecule has 0 aliphatic heterocycles. The Morgan fingerprint density at radius 2 is 1.92 bits per heavy atom. The van der Waals surface area contributed by atoms with Crippen molar-refractivity contribution in [2.75, 3.05) is 0 Å². The molecule has 0 aliphatic rings. The molecule has 4 nitrogen and oxygen atoms in total. The van der Waals surface area contributed by atoms with E-state index in [4.69, 9.17) is 23.2 Å². The van der Waals surface area contributed by atoms with Crippen LogP contribution in [0.2, 0.25) is 10.0 Å². The van der Waals surface area contributed by atoms with Gasteiger partial charge in [-0.1, -0.05) is 61.8 Å². The first kappa shape index (κ1) is 17.4. The van der Waals surface area contributed by atoms with E-state index in [1.807, 2.05) is 24.3 Å². The molecule has 0 atom stereocenters. The Kier molecular flexibility index (Phi) is 5.50. The number of rotatable bonds is 4. The quantitative estimate of drug-likeness (QED) is 0.603. The summed E-state index contributed by atoms with van der Waals surface area (Å²) >= 11 is 16.4. The zero-order valence-corrected chi connectivity index (χ0v) is 16.0. The van der Waals surface area contributed by atoms with Crippen LogP contribution in [0.5, 0.6) is 0 Å². The van der Waals surface area contributed by atoms with Gasteiger partial charge in [-0.2, -0.15) is 0 Å². The molecular formula is C16H10BrCl2N3OS. The summed E-state index contributed by atoms with van der Waals surface area (Å²) in [5.74, 6) is -0.242. The van der Waals surface area contributed by atoms with Gasteiger partial charge < -0.3 is 5.32 Å². The van der Waals surface area contributed by atoms with Gasteiger partial charge in [0.25, 0.3) is 5.91 Å². The van der Waals surface area contributed by atoms with Crippen LogP contribution in [0.4, 0.5) is 0 Å². The van der Waals surface area contributed by atoms with E-state index < -0.39 is 0 Å². The van der Waals surface area contributed by atoms with Gasteiger partial charge in [0.2, 0.25) is 0 Å². The predicted molar refractivity (Wildman–Crippen MR) is 101 cm³/mol. The van der Waals surface area contributed by atoms with Crippen LogP contribution in [-0.4, -0.2) is 15.5 Å². The Balaban J connectivity index is 1.76. The third-order valence-corrected chi connectivity index (χ3v) is 5.11. The van der Waals surface area contributed by atoms with Crippen LogP contribution in [0.3, 0.4) is 0 Å². The highest BCUT2D eigenvalue weighted by Crippen LogP contribution is 2.26. The van der Waals surface area contributed by atoms with Gasteiger partial charge in [0.05, 0.1) is 0 Å². The standard InChI is InChI=1S/C16H10BrCl2N3OS/c17-11-4-1-9(2-5-11)14-15(24-22-21-14)16(23)20-8-10-3-6-12(18)7-13(10)19/h1-7H,8H2,(H,20,23). The molecule has 8 heteroatoms. The Morgan fingerprint density at radius 3 is 2.62 bits per heavy atom. The lowest BCUT2D eigenvalue weighted by Crippen LogP contribution is -2.22. The van der Waals surface area contributed by atoms with Gasteiger partial charge in [-0.25, -0.2) is 0 Å². The van der Waals surface area contributed by atoms with Gasteiger partial charge in [0.15, 0.2) is 0 Å². The number of amides is 1. The van der Waals surface area contributed by atoms with Gasteiger partial charge >= 0.3 is 0 Å². The second kappa shape index (κ2) is 7.61. The first-order valence-electron chi connectivity index (χ1n) is 6.85. The maximum atomic E-state index is 12.5. The number of nitrogens with one attached hydrogen (secondary N) is 1. The molecule has 0 radical (unpaired) electrons. The lowest BCUT2D eigenvalue weighted by molar-refractivity contribution is 0.0955. The molecule has 0 aliphatic carbocycles. The van der Waals surface area contributed by atoms with Gasteiger partial charge in [0.1, 0.15) is 10.6 Å². The second-order valence-electron chi connectivity index (χ2n) is 4.88. The van der Waals surface area contributed by atoms with Gasteiger partial charge in [-0.15, -0.1) is 5.10 Å². The monoisotopic (exact) mass is 441 g/mol. The average molecular weight is 443 g/mol. The van der Waals surface area contributed by atoms with E-state index in [-0.39, 0.29) is 5.91 Å². The second-order valence-corrected chi connectivity index (χ2v) is 7.39. The van der Waals surface area contributed by atoms with Crippen LogP contribution < -0.4 is 5.32 Å². The van der Waals surface area contributed by atoms with Crippen molar-refractivity contribution in [2.45, 2.75) is 6.54 Å². The number of hydrogen-bond donors (Lipinski definition) is 1. The van der Waals surface area contributed by atoms with Crippen LogP contribution in [0.15, 0.2) is 46.9 Å². The van der Waals surface area contributed by atoms with Gasteiger partial charge in [0, 0.05) is 26.6 Å². The number of carbonyl (C=O) groups excluding carboxylic acids is 1. The molecule has 122 valence electrons. The first-order valence-corrected chi connectivity index (χ1v) is 9.17. The molecule has 1 aromatic heterocycles. The van der Waals surface area contributed by atoms with Crippen molar-refractivity contribution in [3.63, 3.8) is 0 Å². The minimum Gasteiger partial charge on any atom is -0.347 e. The van der Waals surface area contributed by atoms with Crippen LogP contribution in [0.1, 0.15) is 15.2 Å². The molecule has 2 aromatic carbocycles. The predicted octanol–water partition coefficient (Wildman–Crippen LogP) is 5.20. The number of aromatic nitrogens is 2. The van der Waals surface area contributed by atoms with E-state index in [2.05, 4.69) is 30.8 Å². The van der Waals surface area contributed by atoms with Crippen molar-refractivity contribution in [3.8, 4) is 11.3 Å². The lowest BCUT2D eigenvalue weighted by atomic mass is 10.1. The van der Waals surface area contributed by atoms with Crippen molar-refractivity contribution in [3.05, 3.63) is 67.4 Å². The SMILES string of the molecule is O=C(NCc1ccc(Cl)cc1Cl)c1snnc1-c1ccc(Br)cc1. The van der Waals surface area contributed by atoms with Crippen molar-refractivity contribution < 1.29 is 4.79 Å². The molecule has 0 saturated heterocycles. The van der Waals surface area contributed by atoms with E-state index in [1.54, 1.807) is 18.2 Å². The molecule has 3 aromatic rings. The smallest absolute Gasteiger partial charge is 0.265 e. The summed E-state index contributed by atoms with van der Waals surface area (Å²) in [6.45, 7) is 0.298. The highest BCUT2D eigenvalue weighted by molar-refractivity contribution is 9.10. The Labute approximate surface area is 161 Å². The Morgan fingerprint density at radius 1 is 1.17 bits per heavy atom. The topological polar surface area (TPSA) is 54.9 Å². The summed E-state index contributed by atoms with van der Waals surface area (Å²) in [6.07, 6.45) is 0. The van der Waals surface area contributed by atoms with Crippen molar-refractivity contribution in [2.24, 2.45) is 0 Å². The molecule has 24 heavy (non-hydrogen) atoms.